The first-order valence-electron chi connectivity index (χ1n) is 14.2. The Morgan fingerprint density at radius 1 is 1.03 bits per heavy atom. The molecule has 2 unspecified atom stereocenters. The van der Waals surface area contributed by atoms with Gasteiger partial charge in [0, 0.05) is 65.0 Å². The van der Waals surface area contributed by atoms with Gasteiger partial charge in [-0.25, -0.2) is 13.1 Å². The summed E-state index contributed by atoms with van der Waals surface area (Å²) in [6, 6.07) is 0.457. The molecule has 0 aromatic heterocycles. The third-order valence-electron chi connectivity index (χ3n) is 9.88. The number of piperidine rings is 4. The zero-order valence-corrected chi connectivity index (χ0v) is 22.1. The van der Waals surface area contributed by atoms with Gasteiger partial charge in [-0.05, 0) is 44.4 Å². The summed E-state index contributed by atoms with van der Waals surface area (Å²) >= 11 is 0. The highest BCUT2D eigenvalue weighted by Crippen LogP contribution is 2.29. The minimum absolute atomic E-state index is 0.234. The SMILES string of the molecule is COC1CCC(S(=O)(=O)NC[C@@H]2C[C@H]3CC[NH+]2C[C@@H]3CN2CCN(C3CCCC[NH2+]3)CC2)CC1. The van der Waals surface area contributed by atoms with E-state index in [0.717, 1.165) is 43.7 Å². The Kier molecular flexibility index (Phi) is 8.51. The smallest absolute Gasteiger partial charge is 0.214 e. The molecule has 2 bridgehead atoms. The van der Waals surface area contributed by atoms with Crippen LogP contribution in [0.2, 0.25) is 0 Å². The van der Waals surface area contributed by atoms with Gasteiger partial charge in [0.15, 0.2) is 0 Å². The summed E-state index contributed by atoms with van der Waals surface area (Å²) in [4.78, 5) is 7.09. The van der Waals surface area contributed by atoms with Crippen LogP contribution in [-0.2, 0) is 14.8 Å². The zero-order chi connectivity index (χ0) is 23.5. The Morgan fingerprint density at radius 2 is 1.82 bits per heavy atom. The van der Waals surface area contributed by atoms with Crippen molar-refractivity contribution in [2.24, 2.45) is 11.8 Å². The number of hydrogen-bond acceptors (Lipinski definition) is 5. The predicted octanol–water partition coefficient (Wildman–Crippen LogP) is -1.15. The first-order chi connectivity index (χ1) is 16.5. The van der Waals surface area contributed by atoms with Gasteiger partial charge in [0.25, 0.3) is 0 Å². The fraction of sp³-hybridized carbons (Fsp3) is 1.00. The molecule has 0 aromatic carbocycles. The van der Waals surface area contributed by atoms with E-state index in [4.69, 9.17) is 4.74 Å². The quantitative estimate of drug-likeness (QED) is 0.393. The van der Waals surface area contributed by atoms with E-state index >= 15 is 0 Å². The third-order valence-corrected chi connectivity index (χ3v) is 11.8. The zero-order valence-electron chi connectivity index (χ0n) is 21.3. The van der Waals surface area contributed by atoms with Crippen molar-refractivity contribution in [2.45, 2.75) is 81.3 Å². The number of nitrogens with zero attached hydrogens (tertiary/aromatic N) is 2. The third kappa shape index (κ3) is 5.98. The fourth-order valence-electron chi connectivity index (χ4n) is 7.65. The predicted molar refractivity (Wildman–Crippen MR) is 133 cm³/mol. The van der Waals surface area contributed by atoms with Gasteiger partial charge in [-0.15, -0.1) is 0 Å². The first-order valence-corrected chi connectivity index (χ1v) is 15.7. The van der Waals surface area contributed by atoms with Gasteiger partial charge in [-0.2, -0.15) is 0 Å². The second-order valence-corrected chi connectivity index (χ2v) is 13.9. The van der Waals surface area contributed by atoms with Crippen molar-refractivity contribution in [3.8, 4) is 0 Å². The minimum Gasteiger partial charge on any atom is -0.381 e. The Hall–Kier alpha value is -0.290. The average molecular weight is 500 g/mol. The Bertz CT molecular complexity index is 746. The van der Waals surface area contributed by atoms with E-state index in [-0.39, 0.29) is 11.4 Å². The van der Waals surface area contributed by atoms with Crippen LogP contribution in [0.25, 0.3) is 0 Å². The van der Waals surface area contributed by atoms with Crippen LogP contribution in [0.15, 0.2) is 0 Å². The second kappa shape index (κ2) is 11.4. The van der Waals surface area contributed by atoms with Crippen molar-refractivity contribution in [3.05, 3.63) is 0 Å². The summed E-state index contributed by atoms with van der Waals surface area (Å²) in [5, 5.41) is 2.33. The van der Waals surface area contributed by atoms with Crippen molar-refractivity contribution in [2.75, 3.05) is 66.0 Å². The van der Waals surface area contributed by atoms with Crippen LogP contribution in [-0.4, -0.2) is 108 Å². The molecule has 9 heteroatoms. The van der Waals surface area contributed by atoms with Crippen molar-refractivity contribution < 1.29 is 23.4 Å². The van der Waals surface area contributed by atoms with Crippen molar-refractivity contribution >= 4 is 10.0 Å². The lowest BCUT2D eigenvalue weighted by Crippen LogP contribution is -3.20. The van der Waals surface area contributed by atoms with Crippen LogP contribution in [0.3, 0.4) is 0 Å². The number of ether oxygens (including phenoxy) is 1. The van der Waals surface area contributed by atoms with E-state index < -0.39 is 10.0 Å². The van der Waals surface area contributed by atoms with Gasteiger partial charge in [0.05, 0.1) is 37.5 Å². The molecule has 5 saturated heterocycles. The molecular weight excluding hydrogens is 450 g/mol. The molecule has 196 valence electrons. The number of piperazine rings is 1. The molecule has 5 aliphatic heterocycles. The van der Waals surface area contributed by atoms with Crippen molar-refractivity contribution in [1.29, 1.82) is 0 Å². The Balaban J connectivity index is 1.05. The maximum Gasteiger partial charge on any atom is 0.214 e. The van der Waals surface area contributed by atoms with Crippen LogP contribution in [0.5, 0.6) is 0 Å². The molecule has 1 saturated carbocycles. The number of sulfonamides is 1. The lowest BCUT2D eigenvalue weighted by Gasteiger charge is -2.49. The monoisotopic (exact) mass is 499 g/mol. The van der Waals surface area contributed by atoms with Crippen LogP contribution in [0, 0.1) is 11.8 Å². The highest BCUT2D eigenvalue weighted by molar-refractivity contribution is 7.90. The van der Waals surface area contributed by atoms with Crippen molar-refractivity contribution in [3.63, 3.8) is 0 Å². The summed E-state index contributed by atoms with van der Waals surface area (Å²) in [7, 11) is -1.48. The van der Waals surface area contributed by atoms with E-state index in [1.54, 1.807) is 12.0 Å². The summed E-state index contributed by atoms with van der Waals surface area (Å²) in [5.74, 6) is 1.56. The van der Waals surface area contributed by atoms with E-state index in [1.165, 1.54) is 84.5 Å². The van der Waals surface area contributed by atoms with Crippen LogP contribution in [0.1, 0.15) is 57.8 Å². The van der Waals surface area contributed by atoms with Crippen LogP contribution < -0.4 is 14.9 Å². The lowest BCUT2D eigenvalue weighted by atomic mass is 9.75. The molecule has 6 aliphatic rings. The molecule has 34 heavy (non-hydrogen) atoms. The molecule has 4 N–H and O–H groups in total. The lowest BCUT2D eigenvalue weighted by molar-refractivity contribution is -0.945. The van der Waals surface area contributed by atoms with Gasteiger partial charge >= 0.3 is 0 Å². The number of nitrogens with one attached hydrogen (secondary N) is 2. The van der Waals surface area contributed by atoms with E-state index in [1.807, 2.05) is 0 Å². The van der Waals surface area contributed by atoms with Gasteiger partial charge in [0.1, 0.15) is 12.2 Å². The average Bonchev–Trinajstić information content (AvgIpc) is 2.89. The molecule has 6 fully saturated rings. The fourth-order valence-corrected chi connectivity index (χ4v) is 9.21. The minimum atomic E-state index is -3.22. The molecule has 8 nitrogen and oxygen atoms in total. The van der Waals surface area contributed by atoms with Gasteiger partial charge in [0.2, 0.25) is 10.0 Å². The number of quaternary nitrogens is 2. The molecular formula is C25H49N5O3S+2. The molecule has 1 aliphatic carbocycles. The van der Waals surface area contributed by atoms with Gasteiger partial charge in [-0.1, -0.05) is 0 Å². The molecule has 5 heterocycles. The summed E-state index contributed by atoms with van der Waals surface area (Å²) < 4.78 is 34.3. The molecule has 0 radical (unpaired) electrons. The van der Waals surface area contributed by atoms with Crippen LogP contribution in [0.4, 0.5) is 0 Å². The highest BCUT2D eigenvalue weighted by Gasteiger charge is 2.45. The molecule has 0 amide bonds. The van der Waals surface area contributed by atoms with E-state index in [9.17, 15) is 8.42 Å². The highest BCUT2D eigenvalue weighted by atomic mass is 32.2. The number of methoxy groups -OCH3 is 1. The second-order valence-electron chi connectivity index (χ2n) is 11.8. The number of fused-ring (bicyclic) bond motifs is 3. The first kappa shape index (κ1) is 25.4. The Morgan fingerprint density at radius 3 is 2.47 bits per heavy atom. The standard InChI is InChI=1S/C25H47N5O3S/c1-33-23-5-7-24(8-6-23)34(31,32)27-17-22-16-20-9-11-30(22)19-21(20)18-28-12-14-29(15-13-28)25-4-2-3-10-26-25/h20-27H,2-19H2,1H3/p+2/t20-,21+,22+,23?,24?,25?/m1/s1. The number of hydrogen-bond donors (Lipinski definition) is 3. The molecule has 0 spiro atoms. The topological polar surface area (TPSA) is 82.9 Å². The molecule has 6 rings (SSSR count). The van der Waals surface area contributed by atoms with Crippen LogP contribution >= 0.6 is 0 Å². The Labute approximate surface area is 207 Å². The largest absolute Gasteiger partial charge is 0.381 e. The maximum absolute atomic E-state index is 12.9. The number of nitrogens with two attached hydrogens (primary N) is 1. The maximum atomic E-state index is 12.9. The summed E-state index contributed by atoms with van der Waals surface area (Å²) in [6.07, 6.45) is 10.8. The van der Waals surface area contributed by atoms with Gasteiger partial charge < -0.3 is 19.9 Å². The molecule has 0 aromatic rings. The summed E-state index contributed by atoms with van der Waals surface area (Å²) in [6.45, 7) is 10.5. The van der Waals surface area contributed by atoms with E-state index in [2.05, 4.69) is 19.8 Å². The molecule has 5 atom stereocenters. The van der Waals surface area contributed by atoms with E-state index in [0.29, 0.717) is 12.6 Å². The number of rotatable bonds is 8. The van der Waals surface area contributed by atoms with Gasteiger partial charge in [-0.3, -0.25) is 4.90 Å². The van der Waals surface area contributed by atoms with Crippen molar-refractivity contribution in [1.82, 2.24) is 14.5 Å². The normalized spacial score (nSPS) is 40.4. The summed E-state index contributed by atoms with van der Waals surface area (Å²) in [5.41, 5.74) is 0.